The lowest BCUT2D eigenvalue weighted by atomic mass is 10.1. The second kappa shape index (κ2) is 4.98. The van der Waals surface area contributed by atoms with E-state index >= 15 is 0 Å². The predicted octanol–water partition coefficient (Wildman–Crippen LogP) is 4.12. The molecule has 1 N–H and O–H groups in total. The monoisotopic (exact) mass is 282 g/mol. The number of carboxylic acid groups (broad SMARTS) is 1. The quantitative estimate of drug-likeness (QED) is 0.785. The van der Waals surface area contributed by atoms with Crippen LogP contribution in [0.2, 0.25) is 0 Å². The van der Waals surface area contributed by atoms with Gasteiger partial charge in [0.2, 0.25) is 0 Å². The summed E-state index contributed by atoms with van der Waals surface area (Å²) in [5, 5.41) is 10.1. The maximum Gasteiger partial charge on any atom is 0.335 e. The van der Waals surface area contributed by atoms with Gasteiger partial charge in [0.15, 0.2) is 0 Å². The fraction of sp³-hybridized carbons (Fsp3) is 0.118. The highest BCUT2D eigenvalue weighted by atomic mass is 16.5. The molecule has 0 unspecified atom stereocenters. The predicted molar refractivity (Wildman–Crippen MR) is 79.9 cm³/mol. The average molecular weight is 282 g/mol. The molecule has 0 bridgehead atoms. The number of hydrogen-bond donors (Lipinski definition) is 1. The van der Waals surface area contributed by atoms with Crippen LogP contribution in [0.15, 0.2) is 46.9 Å². The van der Waals surface area contributed by atoms with Crippen molar-refractivity contribution in [3.63, 3.8) is 0 Å². The molecule has 0 atom stereocenters. The Balaban J connectivity index is 2.23. The fourth-order valence-electron chi connectivity index (χ4n) is 2.38. The molecule has 4 nitrogen and oxygen atoms in total. The van der Waals surface area contributed by atoms with E-state index in [0.29, 0.717) is 17.1 Å². The lowest BCUT2D eigenvalue weighted by Crippen LogP contribution is -1.97. The van der Waals surface area contributed by atoms with Gasteiger partial charge >= 0.3 is 5.97 Å². The van der Waals surface area contributed by atoms with Crippen molar-refractivity contribution in [3.05, 3.63) is 53.6 Å². The summed E-state index contributed by atoms with van der Waals surface area (Å²) in [6, 6.07) is 12.5. The molecule has 0 aliphatic rings. The number of hydrogen-bond acceptors (Lipinski definition) is 3. The second-order valence-corrected chi connectivity index (χ2v) is 4.82. The number of furan rings is 1. The van der Waals surface area contributed by atoms with Crippen molar-refractivity contribution in [2.24, 2.45) is 0 Å². The fourth-order valence-corrected chi connectivity index (χ4v) is 2.38. The number of carbonyl (C=O) groups is 1. The number of fused-ring (bicyclic) bond motifs is 1. The van der Waals surface area contributed by atoms with Crippen molar-refractivity contribution in [2.45, 2.75) is 6.92 Å². The largest absolute Gasteiger partial charge is 0.496 e. The normalized spacial score (nSPS) is 10.8. The first-order valence-corrected chi connectivity index (χ1v) is 6.51. The summed E-state index contributed by atoms with van der Waals surface area (Å²) in [5.41, 5.74) is 2.67. The second-order valence-electron chi connectivity index (χ2n) is 4.82. The third-order valence-corrected chi connectivity index (χ3v) is 3.45. The molecule has 3 aromatic rings. The van der Waals surface area contributed by atoms with Gasteiger partial charge in [-0.25, -0.2) is 4.79 Å². The summed E-state index contributed by atoms with van der Waals surface area (Å²) in [4.78, 5) is 11.1. The highest BCUT2D eigenvalue weighted by Crippen LogP contribution is 2.35. The zero-order valence-corrected chi connectivity index (χ0v) is 11.7. The van der Waals surface area contributed by atoms with E-state index < -0.39 is 5.97 Å². The van der Waals surface area contributed by atoms with Crippen LogP contribution in [-0.2, 0) is 0 Å². The molecular weight excluding hydrogens is 268 g/mol. The van der Waals surface area contributed by atoms with Gasteiger partial charge in [-0.2, -0.15) is 0 Å². The van der Waals surface area contributed by atoms with Crippen molar-refractivity contribution < 1.29 is 19.1 Å². The Morgan fingerprint density at radius 3 is 2.67 bits per heavy atom. The van der Waals surface area contributed by atoms with E-state index in [1.807, 2.05) is 31.2 Å². The first kappa shape index (κ1) is 13.2. The topological polar surface area (TPSA) is 59.7 Å². The molecule has 0 spiro atoms. The van der Waals surface area contributed by atoms with Gasteiger partial charge in [-0.15, -0.1) is 0 Å². The van der Waals surface area contributed by atoms with Crippen LogP contribution in [0.1, 0.15) is 15.9 Å². The molecule has 0 aliphatic carbocycles. The zero-order chi connectivity index (χ0) is 15.0. The maximum absolute atomic E-state index is 11.1. The smallest absolute Gasteiger partial charge is 0.335 e. The number of aryl methyl sites for hydroxylation is 1. The first-order chi connectivity index (χ1) is 10.1. The summed E-state index contributed by atoms with van der Waals surface area (Å²) in [6.07, 6.45) is 0. The number of para-hydroxylation sites is 1. The zero-order valence-electron chi connectivity index (χ0n) is 11.7. The lowest BCUT2D eigenvalue weighted by molar-refractivity contribution is 0.0697. The molecule has 0 radical (unpaired) electrons. The van der Waals surface area contributed by atoms with Gasteiger partial charge in [-0.3, -0.25) is 0 Å². The molecule has 0 amide bonds. The maximum atomic E-state index is 11.1. The van der Waals surface area contributed by atoms with Crippen molar-refractivity contribution in [2.75, 3.05) is 7.11 Å². The lowest BCUT2D eigenvalue weighted by Gasteiger charge is -2.07. The van der Waals surface area contributed by atoms with Crippen LogP contribution in [0.4, 0.5) is 0 Å². The third-order valence-electron chi connectivity index (χ3n) is 3.45. The minimum atomic E-state index is -0.980. The summed E-state index contributed by atoms with van der Waals surface area (Å²) < 4.78 is 11.2. The Kier molecular flexibility index (Phi) is 3.14. The number of carboxylic acids is 1. The van der Waals surface area contributed by atoms with E-state index in [4.69, 9.17) is 14.3 Å². The number of benzene rings is 2. The molecule has 1 heterocycles. The Morgan fingerprint density at radius 1 is 1.19 bits per heavy atom. The van der Waals surface area contributed by atoms with E-state index in [0.717, 1.165) is 16.5 Å². The van der Waals surface area contributed by atoms with E-state index in [9.17, 15) is 4.79 Å². The Labute approximate surface area is 121 Å². The SMILES string of the molecule is COc1ccc(C(=O)O)cc1-c1cc2cccc(C)c2o1. The Morgan fingerprint density at radius 2 is 2.00 bits per heavy atom. The number of methoxy groups -OCH3 is 1. The summed E-state index contributed by atoms with van der Waals surface area (Å²) in [7, 11) is 1.55. The third kappa shape index (κ3) is 2.25. The van der Waals surface area contributed by atoms with Gasteiger partial charge in [-0.1, -0.05) is 18.2 Å². The highest BCUT2D eigenvalue weighted by Gasteiger charge is 2.15. The van der Waals surface area contributed by atoms with Crippen LogP contribution >= 0.6 is 0 Å². The number of ether oxygens (including phenoxy) is 1. The molecule has 21 heavy (non-hydrogen) atoms. The average Bonchev–Trinajstić information content (AvgIpc) is 2.92. The van der Waals surface area contributed by atoms with E-state index in [2.05, 4.69) is 0 Å². The van der Waals surface area contributed by atoms with Crippen LogP contribution in [0.25, 0.3) is 22.3 Å². The van der Waals surface area contributed by atoms with E-state index in [1.165, 1.54) is 6.07 Å². The molecule has 2 aromatic carbocycles. The first-order valence-electron chi connectivity index (χ1n) is 6.51. The molecule has 0 saturated carbocycles. The molecule has 106 valence electrons. The van der Waals surface area contributed by atoms with Crippen LogP contribution in [0.3, 0.4) is 0 Å². The standard InChI is InChI=1S/C17H14O4/c1-10-4-3-5-11-9-15(21-16(10)11)13-8-12(17(18)19)6-7-14(13)20-2/h3-9H,1-2H3,(H,18,19). The van der Waals surface area contributed by atoms with Crippen LogP contribution in [0, 0.1) is 6.92 Å². The molecule has 3 rings (SSSR count). The van der Waals surface area contributed by atoms with Gasteiger partial charge in [0.05, 0.1) is 18.2 Å². The van der Waals surface area contributed by atoms with Crippen LogP contribution in [0.5, 0.6) is 5.75 Å². The molecular formula is C17H14O4. The highest BCUT2D eigenvalue weighted by molar-refractivity contribution is 5.91. The summed E-state index contributed by atoms with van der Waals surface area (Å²) >= 11 is 0. The Hall–Kier alpha value is -2.75. The molecule has 0 aliphatic heterocycles. The van der Waals surface area contributed by atoms with Crippen molar-refractivity contribution >= 4 is 16.9 Å². The molecule has 0 saturated heterocycles. The van der Waals surface area contributed by atoms with Crippen molar-refractivity contribution in [3.8, 4) is 17.1 Å². The van der Waals surface area contributed by atoms with Gasteiger partial charge in [0.25, 0.3) is 0 Å². The van der Waals surface area contributed by atoms with Crippen molar-refractivity contribution in [1.82, 2.24) is 0 Å². The van der Waals surface area contributed by atoms with Gasteiger partial charge in [0, 0.05) is 5.39 Å². The minimum Gasteiger partial charge on any atom is -0.496 e. The van der Waals surface area contributed by atoms with Crippen molar-refractivity contribution in [1.29, 1.82) is 0 Å². The summed E-state index contributed by atoms with van der Waals surface area (Å²) in [5.74, 6) is 0.196. The molecule has 1 aromatic heterocycles. The van der Waals surface area contributed by atoms with Gasteiger partial charge < -0.3 is 14.3 Å². The van der Waals surface area contributed by atoms with E-state index in [-0.39, 0.29) is 5.56 Å². The Bertz CT molecular complexity index is 830. The minimum absolute atomic E-state index is 0.197. The van der Waals surface area contributed by atoms with Gasteiger partial charge in [-0.05, 0) is 36.8 Å². The number of aromatic carboxylic acids is 1. The number of rotatable bonds is 3. The van der Waals surface area contributed by atoms with Crippen LogP contribution < -0.4 is 4.74 Å². The van der Waals surface area contributed by atoms with Gasteiger partial charge in [0.1, 0.15) is 17.1 Å². The van der Waals surface area contributed by atoms with E-state index in [1.54, 1.807) is 19.2 Å². The molecule has 0 fully saturated rings. The van der Waals surface area contributed by atoms with Crippen LogP contribution in [-0.4, -0.2) is 18.2 Å². The molecule has 4 heteroatoms. The summed E-state index contributed by atoms with van der Waals surface area (Å²) in [6.45, 7) is 1.97.